The van der Waals surface area contributed by atoms with E-state index in [-0.39, 0.29) is 5.91 Å². The molecule has 0 spiro atoms. The minimum atomic E-state index is 0.0880. The predicted octanol–water partition coefficient (Wildman–Crippen LogP) is 3.29. The van der Waals surface area contributed by atoms with Crippen LogP contribution >= 0.6 is 0 Å². The molecule has 0 N–H and O–H groups in total. The van der Waals surface area contributed by atoms with E-state index in [0.717, 1.165) is 36.2 Å². The van der Waals surface area contributed by atoms with Crippen LogP contribution in [0, 0.1) is 5.92 Å². The third-order valence-corrected chi connectivity index (χ3v) is 4.64. The first-order valence-electron chi connectivity index (χ1n) is 8.39. The zero-order valence-corrected chi connectivity index (χ0v) is 13.7. The van der Waals surface area contributed by atoms with Crippen LogP contribution in [0.25, 0.3) is 16.7 Å². The van der Waals surface area contributed by atoms with Crippen LogP contribution < -0.4 is 0 Å². The van der Waals surface area contributed by atoms with Gasteiger partial charge in [-0.1, -0.05) is 6.92 Å². The van der Waals surface area contributed by atoms with Crippen LogP contribution in [0.5, 0.6) is 0 Å². The lowest BCUT2D eigenvalue weighted by Gasteiger charge is -2.30. The van der Waals surface area contributed by atoms with Crippen molar-refractivity contribution < 1.29 is 4.79 Å². The molecule has 4 rings (SSSR count). The lowest BCUT2D eigenvalue weighted by atomic mass is 9.99. The van der Waals surface area contributed by atoms with Gasteiger partial charge in [0, 0.05) is 37.1 Å². The van der Waals surface area contributed by atoms with Crippen LogP contribution in [-0.4, -0.2) is 38.4 Å². The summed E-state index contributed by atoms with van der Waals surface area (Å²) in [5.74, 6) is 0.663. The van der Waals surface area contributed by atoms with Crippen LogP contribution in [-0.2, 0) is 0 Å². The molecule has 24 heavy (non-hydrogen) atoms. The average molecular weight is 320 g/mol. The predicted molar refractivity (Wildman–Crippen MR) is 93.2 cm³/mol. The van der Waals surface area contributed by atoms with Gasteiger partial charge in [0.1, 0.15) is 5.65 Å². The van der Waals surface area contributed by atoms with Crippen molar-refractivity contribution >= 4 is 16.9 Å². The van der Waals surface area contributed by atoms with E-state index in [2.05, 4.69) is 16.9 Å². The van der Waals surface area contributed by atoms with Gasteiger partial charge in [-0.3, -0.25) is 14.3 Å². The van der Waals surface area contributed by atoms with Crippen LogP contribution in [0.15, 0.2) is 49.1 Å². The van der Waals surface area contributed by atoms with Gasteiger partial charge >= 0.3 is 0 Å². The molecule has 0 radical (unpaired) electrons. The van der Waals surface area contributed by atoms with Gasteiger partial charge in [0.25, 0.3) is 5.91 Å². The Balaban J connectivity index is 1.66. The van der Waals surface area contributed by atoms with E-state index in [0.29, 0.717) is 11.5 Å². The Morgan fingerprint density at radius 3 is 3.00 bits per heavy atom. The molecule has 5 nitrogen and oxygen atoms in total. The number of fused-ring (bicyclic) bond motifs is 1. The molecule has 1 saturated heterocycles. The van der Waals surface area contributed by atoms with Gasteiger partial charge in [-0.2, -0.15) is 0 Å². The number of pyridine rings is 2. The van der Waals surface area contributed by atoms with Crippen LogP contribution in [0.2, 0.25) is 0 Å². The lowest BCUT2D eigenvalue weighted by molar-refractivity contribution is 0.0683. The number of hydrogen-bond donors (Lipinski definition) is 0. The third kappa shape index (κ3) is 2.66. The summed E-state index contributed by atoms with van der Waals surface area (Å²) in [6.45, 7) is 3.89. The largest absolute Gasteiger partial charge is 0.338 e. The Hall–Kier alpha value is -2.69. The third-order valence-electron chi connectivity index (χ3n) is 4.64. The molecule has 1 aliphatic heterocycles. The first-order chi connectivity index (χ1) is 11.7. The number of hydrogen-bond acceptors (Lipinski definition) is 3. The zero-order valence-electron chi connectivity index (χ0n) is 13.7. The fourth-order valence-electron chi connectivity index (χ4n) is 3.40. The molecule has 0 bridgehead atoms. The highest BCUT2D eigenvalue weighted by atomic mass is 16.2. The zero-order chi connectivity index (χ0) is 16.5. The molecule has 1 unspecified atom stereocenters. The van der Waals surface area contributed by atoms with E-state index in [1.807, 2.05) is 39.9 Å². The number of piperidine rings is 1. The minimum absolute atomic E-state index is 0.0880. The van der Waals surface area contributed by atoms with Gasteiger partial charge in [-0.25, -0.2) is 4.98 Å². The Morgan fingerprint density at radius 1 is 1.29 bits per heavy atom. The van der Waals surface area contributed by atoms with Crippen LogP contribution in [0.3, 0.4) is 0 Å². The van der Waals surface area contributed by atoms with Gasteiger partial charge in [-0.05, 0) is 43.0 Å². The summed E-state index contributed by atoms with van der Waals surface area (Å²) in [6, 6.07) is 7.82. The van der Waals surface area contributed by atoms with Gasteiger partial charge in [-0.15, -0.1) is 0 Å². The maximum absolute atomic E-state index is 12.7. The standard InChI is InChI=1S/C19H20N4O/c1-14-4-3-8-22(13-14)19(24)16-10-15-6-9-23(18(15)21-11-16)17-5-2-7-20-12-17/h2,5-7,9-12,14H,3-4,8,13H2,1H3. The number of carbonyl (C=O) groups is 1. The number of rotatable bonds is 2. The summed E-state index contributed by atoms with van der Waals surface area (Å²) in [4.78, 5) is 23.4. The number of amides is 1. The topological polar surface area (TPSA) is 51.0 Å². The normalized spacial score (nSPS) is 18.0. The SMILES string of the molecule is CC1CCCN(C(=O)c2cnc3c(ccn3-c3cccnc3)c2)C1. The van der Waals surface area contributed by atoms with Crippen molar-refractivity contribution in [1.82, 2.24) is 19.4 Å². The summed E-state index contributed by atoms with van der Waals surface area (Å²) in [5.41, 5.74) is 2.47. The molecule has 4 heterocycles. The highest BCUT2D eigenvalue weighted by Gasteiger charge is 2.22. The molecule has 0 saturated carbocycles. The first kappa shape index (κ1) is 14.9. The Morgan fingerprint density at radius 2 is 2.21 bits per heavy atom. The molecule has 1 amide bonds. The van der Waals surface area contributed by atoms with Gasteiger partial charge in [0.05, 0.1) is 17.4 Å². The van der Waals surface area contributed by atoms with Crippen molar-refractivity contribution in [2.45, 2.75) is 19.8 Å². The summed E-state index contributed by atoms with van der Waals surface area (Å²) in [7, 11) is 0. The number of nitrogens with zero attached hydrogens (tertiary/aromatic N) is 4. The van der Waals surface area contributed by atoms with Crippen LogP contribution in [0.1, 0.15) is 30.1 Å². The van der Waals surface area contributed by atoms with E-state index in [1.165, 1.54) is 6.42 Å². The average Bonchev–Trinajstić information content (AvgIpc) is 3.05. The Labute approximate surface area is 140 Å². The maximum Gasteiger partial charge on any atom is 0.255 e. The number of aromatic nitrogens is 3. The quantitative estimate of drug-likeness (QED) is 0.728. The fraction of sp³-hybridized carbons (Fsp3) is 0.316. The van der Waals surface area contributed by atoms with Crippen LogP contribution in [0.4, 0.5) is 0 Å². The van der Waals surface area contributed by atoms with E-state index in [1.54, 1.807) is 18.6 Å². The van der Waals surface area contributed by atoms with Crippen molar-refractivity contribution in [3.63, 3.8) is 0 Å². The molecule has 0 aliphatic carbocycles. The van der Waals surface area contributed by atoms with Crippen molar-refractivity contribution in [1.29, 1.82) is 0 Å². The van der Waals surface area contributed by atoms with Gasteiger partial charge in [0.15, 0.2) is 0 Å². The van der Waals surface area contributed by atoms with Crippen molar-refractivity contribution in [3.8, 4) is 5.69 Å². The fourth-order valence-corrected chi connectivity index (χ4v) is 3.40. The van der Waals surface area contributed by atoms with E-state index < -0.39 is 0 Å². The van der Waals surface area contributed by atoms with Crippen molar-refractivity contribution in [2.75, 3.05) is 13.1 Å². The van der Waals surface area contributed by atoms with Gasteiger partial charge < -0.3 is 4.90 Å². The van der Waals surface area contributed by atoms with E-state index in [4.69, 9.17) is 0 Å². The smallest absolute Gasteiger partial charge is 0.255 e. The summed E-state index contributed by atoms with van der Waals surface area (Å²) >= 11 is 0. The van der Waals surface area contributed by atoms with Gasteiger partial charge in [0.2, 0.25) is 0 Å². The highest BCUT2D eigenvalue weighted by Crippen LogP contribution is 2.22. The Kier molecular flexibility index (Phi) is 3.76. The van der Waals surface area contributed by atoms with E-state index >= 15 is 0 Å². The molecular formula is C19H20N4O. The summed E-state index contributed by atoms with van der Waals surface area (Å²) in [6.07, 6.45) is 9.49. The highest BCUT2D eigenvalue weighted by molar-refractivity contribution is 5.97. The minimum Gasteiger partial charge on any atom is -0.338 e. The maximum atomic E-state index is 12.7. The first-order valence-corrected chi connectivity index (χ1v) is 8.39. The molecule has 1 fully saturated rings. The molecular weight excluding hydrogens is 300 g/mol. The van der Waals surface area contributed by atoms with Crippen molar-refractivity contribution in [2.24, 2.45) is 5.92 Å². The molecule has 122 valence electrons. The second-order valence-electron chi connectivity index (χ2n) is 6.53. The molecule has 3 aromatic rings. The monoisotopic (exact) mass is 320 g/mol. The second-order valence-corrected chi connectivity index (χ2v) is 6.53. The molecule has 0 aromatic carbocycles. The summed E-state index contributed by atoms with van der Waals surface area (Å²) in [5, 5.41) is 0.967. The molecule has 5 heteroatoms. The second kappa shape index (κ2) is 6.07. The van der Waals surface area contributed by atoms with E-state index in [9.17, 15) is 4.79 Å². The molecule has 1 atom stereocenters. The molecule has 1 aliphatic rings. The Bertz CT molecular complexity index is 871. The lowest BCUT2D eigenvalue weighted by Crippen LogP contribution is -2.39. The number of carbonyl (C=O) groups excluding carboxylic acids is 1. The summed E-state index contributed by atoms with van der Waals surface area (Å²) < 4.78 is 1.99. The molecule has 3 aromatic heterocycles. The van der Waals surface area contributed by atoms with Crippen molar-refractivity contribution in [3.05, 3.63) is 54.6 Å². The number of likely N-dealkylation sites (tertiary alicyclic amines) is 1.